The van der Waals surface area contributed by atoms with E-state index in [2.05, 4.69) is 5.32 Å². The molecule has 1 saturated heterocycles. The number of carbonyl (C=O) groups excluding carboxylic acids is 2. The molecule has 0 aliphatic carbocycles. The molecule has 1 N–H and O–H groups in total. The molecule has 0 radical (unpaired) electrons. The second-order valence-electron chi connectivity index (χ2n) is 5.33. The Balaban J connectivity index is 1.91. The summed E-state index contributed by atoms with van der Waals surface area (Å²) in [5.41, 5.74) is 0. The second kappa shape index (κ2) is 8.52. The molecular formula is C15H21ClN2O4S. The van der Waals surface area contributed by atoms with E-state index in [0.29, 0.717) is 28.9 Å². The molecule has 2 heterocycles. The van der Waals surface area contributed by atoms with Crippen LogP contribution in [0.25, 0.3) is 0 Å². The number of halogens is 1. The average molecular weight is 361 g/mol. The molecular weight excluding hydrogens is 340 g/mol. The maximum Gasteiger partial charge on any atom is 0.409 e. The Labute approximate surface area is 144 Å². The number of carbonyl (C=O) groups is 2. The van der Waals surface area contributed by atoms with E-state index in [1.54, 1.807) is 24.1 Å². The lowest BCUT2D eigenvalue weighted by atomic mass is 10.2. The fraction of sp³-hybridized carbons (Fsp3) is 0.600. The van der Waals surface area contributed by atoms with Crippen molar-refractivity contribution in [2.75, 3.05) is 26.8 Å². The molecule has 1 aromatic rings. The van der Waals surface area contributed by atoms with Crippen LogP contribution in [0.3, 0.4) is 0 Å². The minimum absolute atomic E-state index is 0.213. The highest BCUT2D eigenvalue weighted by Gasteiger charge is 2.37. The van der Waals surface area contributed by atoms with E-state index in [9.17, 15) is 9.59 Å². The fourth-order valence-corrected chi connectivity index (χ4v) is 3.32. The summed E-state index contributed by atoms with van der Waals surface area (Å²) in [6, 6.07) is 3.09. The molecule has 2 unspecified atom stereocenters. The molecule has 0 bridgehead atoms. The summed E-state index contributed by atoms with van der Waals surface area (Å²) in [6.45, 7) is 3.22. The number of methoxy groups -OCH3 is 1. The van der Waals surface area contributed by atoms with Gasteiger partial charge >= 0.3 is 6.09 Å². The Morgan fingerprint density at radius 2 is 2.22 bits per heavy atom. The number of thiophene rings is 1. The van der Waals surface area contributed by atoms with Gasteiger partial charge in [0.15, 0.2) is 0 Å². The first kappa shape index (κ1) is 18.0. The molecule has 1 aromatic heterocycles. The zero-order valence-corrected chi connectivity index (χ0v) is 14.8. The molecule has 128 valence electrons. The van der Waals surface area contributed by atoms with Crippen molar-refractivity contribution in [2.45, 2.75) is 31.9 Å². The van der Waals surface area contributed by atoms with E-state index in [0.717, 1.165) is 12.8 Å². The van der Waals surface area contributed by atoms with Crippen LogP contribution < -0.4 is 5.32 Å². The lowest BCUT2D eigenvalue weighted by molar-refractivity contribution is 0.0738. The van der Waals surface area contributed by atoms with Gasteiger partial charge < -0.3 is 19.7 Å². The number of likely N-dealkylation sites (tertiary alicyclic amines) is 1. The molecule has 0 aromatic carbocycles. The minimum atomic E-state index is -0.364. The van der Waals surface area contributed by atoms with Crippen LogP contribution in [-0.2, 0) is 9.47 Å². The third kappa shape index (κ3) is 4.83. The van der Waals surface area contributed by atoms with Crippen LogP contribution in [0.4, 0.5) is 4.79 Å². The Bertz CT molecular complexity index is 551. The maximum atomic E-state index is 12.2. The minimum Gasteiger partial charge on any atom is -0.449 e. The maximum absolute atomic E-state index is 12.2. The van der Waals surface area contributed by atoms with Gasteiger partial charge in [0, 0.05) is 13.7 Å². The number of hydrogen-bond donors (Lipinski definition) is 1. The van der Waals surface area contributed by atoms with Crippen LogP contribution in [0, 0.1) is 0 Å². The van der Waals surface area contributed by atoms with Gasteiger partial charge in [0.2, 0.25) is 0 Å². The molecule has 0 saturated carbocycles. The Morgan fingerprint density at radius 1 is 1.43 bits per heavy atom. The molecule has 6 nitrogen and oxygen atoms in total. The zero-order chi connectivity index (χ0) is 16.8. The Morgan fingerprint density at radius 3 is 2.83 bits per heavy atom. The molecule has 2 amide bonds. The first-order valence-electron chi connectivity index (χ1n) is 7.55. The lowest BCUT2D eigenvalue weighted by Crippen LogP contribution is -2.43. The normalized spacial score (nSPS) is 20.6. The summed E-state index contributed by atoms with van der Waals surface area (Å²) < 4.78 is 11.1. The molecule has 0 spiro atoms. The largest absolute Gasteiger partial charge is 0.449 e. The molecule has 1 fully saturated rings. The highest BCUT2D eigenvalue weighted by molar-refractivity contribution is 7.18. The van der Waals surface area contributed by atoms with Crippen LogP contribution >= 0.6 is 22.9 Å². The van der Waals surface area contributed by atoms with Gasteiger partial charge in [-0.15, -0.1) is 11.3 Å². The quantitative estimate of drug-likeness (QED) is 0.792. The SMILES string of the molecule is CCCCOC(=O)N1CC(NC(=O)c2ccc(Cl)s2)C(OC)C1. The summed E-state index contributed by atoms with van der Waals surface area (Å²) in [4.78, 5) is 26.3. The van der Waals surface area contributed by atoms with Gasteiger partial charge in [-0.1, -0.05) is 24.9 Å². The summed E-state index contributed by atoms with van der Waals surface area (Å²) >= 11 is 7.06. The summed E-state index contributed by atoms with van der Waals surface area (Å²) in [5.74, 6) is -0.213. The Hall–Kier alpha value is -1.31. The van der Waals surface area contributed by atoms with E-state index in [1.165, 1.54) is 11.3 Å². The van der Waals surface area contributed by atoms with Gasteiger partial charge in [-0.25, -0.2) is 4.79 Å². The summed E-state index contributed by atoms with van der Waals surface area (Å²) in [5, 5.41) is 2.90. The first-order valence-corrected chi connectivity index (χ1v) is 8.75. The van der Waals surface area contributed by atoms with Crippen LogP contribution in [0.15, 0.2) is 12.1 Å². The standard InChI is InChI=1S/C15H21ClN2O4S/c1-3-4-7-22-15(20)18-8-10(11(9-18)21-2)17-14(19)12-5-6-13(16)23-12/h5-6,10-11H,3-4,7-9H2,1-2H3,(H,17,19). The van der Waals surface area contributed by atoms with Crippen LogP contribution in [0.2, 0.25) is 4.34 Å². The van der Waals surface area contributed by atoms with Gasteiger partial charge in [-0.3, -0.25) is 4.79 Å². The zero-order valence-electron chi connectivity index (χ0n) is 13.2. The molecule has 2 atom stereocenters. The fourth-order valence-electron chi connectivity index (χ4n) is 2.37. The van der Waals surface area contributed by atoms with Crippen molar-refractivity contribution in [3.05, 3.63) is 21.3 Å². The average Bonchev–Trinajstić information content (AvgIpc) is 3.13. The van der Waals surface area contributed by atoms with E-state index >= 15 is 0 Å². The number of hydrogen-bond acceptors (Lipinski definition) is 5. The summed E-state index contributed by atoms with van der Waals surface area (Å²) in [6.07, 6.45) is 1.19. The van der Waals surface area contributed by atoms with Crippen molar-refractivity contribution >= 4 is 34.9 Å². The number of nitrogens with one attached hydrogen (secondary N) is 1. The number of unbranched alkanes of at least 4 members (excludes halogenated alkanes) is 1. The van der Waals surface area contributed by atoms with Gasteiger partial charge in [0.25, 0.3) is 5.91 Å². The molecule has 8 heteroatoms. The molecule has 1 aliphatic heterocycles. The predicted molar refractivity (Wildman–Crippen MR) is 89.2 cm³/mol. The smallest absolute Gasteiger partial charge is 0.409 e. The van der Waals surface area contributed by atoms with Crippen molar-refractivity contribution in [3.63, 3.8) is 0 Å². The topological polar surface area (TPSA) is 67.9 Å². The van der Waals surface area contributed by atoms with Gasteiger partial charge in [-0.2, -0.15) is 0 Å². The van der Waals surface area contributed by atoms with Crippen LogP contribution in [0.5, 0.6) is 0 Å². The monoisotopic (exact) mass is 360 g/mol. The third-order valence-electron chi connectivity index (χ3n) is 3.66. The number of amides is 2. The van der Waals surface area contributed by atoms with E-state index < -0.39 is 0 Å². The van der Waals surface area contributed by atoms with Gasteiger partial charge in [0.05, 0.1) is 34.5 Å². The van der Waals surface area contributed by atoms with E-state index in [4.69, 9.17) is 21.1 Å². The van der Waals surface area contributed by atoms with E-state index in [1.807, 2.05) is 6.92 Å². The van der Waals surface area contributed by atoms with Crippen molar-refractivity contribution in [3.8, 4) is 0 Å². The lowest BCUT2D eigenvalue weighted by Gasteiger charge is -2.17. The highest BCUT2D eigenvalue weighted by Crippen LogP contribution is 2.22. The van der Waals surface area contributed by atoms with Crippen molar-refractivity contribution in [1.29, 1.82) is 0 Å². The Kier molecular flexibility index (Phi) is 6.68. The van der Waals surface area contributed by atoms with Gasteiger partial charge in [0.1, 0.15) is 0 Å². The first-order chi connectivity index (χ1) is 11.0. The van der Waals surface area contributed by atoms with Crippen molar-refractivity contribution in [1.82, 2.24) is 10.2 Å². The second-order valence-corrected chi connectivity index (χ2v) is 7.05. The van der Waals surface area contributed by atoms with Crippen LogP contribution in [0.1, 0.15) is 29.4 Å². The van der Waals surface area contributed by atoms with E-state index in [-0.39, 0.29) is 24.1 Å². The number of ether oxygens (including phenoxy) is 2. The molecule has 2 rings (SSSR count). The van der Waals surface area contributed by atoms with Gasteiger partial charge in [-0.05, 0) is 18.6 Å². The number of nitrogens with zero attached hydrogens (tertiary/aromatic N) is 1. The number of rotatable bonds is 6. The van der Waals surface area contributed by atoms with Crippen LogP contribution in [-0.4, -0.2) is 55.9 Å². The highest BCUT2D eigenvalue weighted by atomic mass is 35.5. The van der Waals surface area contributed by atoms with Crippen molar-refractivity contribution in [2.24, 2.45) is 0 Å². The molecule has 23 heavy (non-hydrogen) atoms. The third-order valence-corrected chi connectivity index (χ3v) is 4.89. The molecule has 1 aliphatic rings. The summed E-state index contributed by atoms with van der Waals surface area (Å²) in [7, 11) is 1.57. The van der Waals surface area contributed by atoms with Crippen molar-refractivity contribution < 1.29 is 19.1 Å². The predicted octanol–water partition coefficient (Wildman–Crippen LogP) is 2.77.